The van der Waals surface area contributed by atoms with Crippen LogP contribution in [-0.2, 0) is 0 Å². The normalized spacial score (nSPS) is 10.6. The number of hydrogen-bond acceptors (Lipinski definition) is 7. The second-order valence-corrected chi connectivity index (χ2v) is 5.51. The number of para-hydroxylation sites is 1. The second-order valence-electron chi connectivity index (χ2n) is 5.51. The molecule has 7 nitrogen and oxygen atoms in total. The molecule has 0 unspecified atom stereocenters. The molecular formula is C20H20O7. The van der Waals surface area contributed by atoms with Gasteiger partial charge in [-0.25, -0.2) is 0 Å². The van der Waals surface area contributed by atoms with Gasteiger partial charge in [-0.05, 0) is 12.1 Å². The molecule has 0 saturated carbocycles. The summed E-state index contributed by atoms with van der Waals surface area (Å²) in [6, 6.07) is 8.56. The van der Waals surface area contributed by atoms with Crippen LogP contribution in [0.15, 0.2) is 39.5 Å². The molecular weight excluding hydrogens is 352 g/mol. The first-order valence-corrected chi connectivity index (χ1v) is 8.08. The molecule has 0 aliphatic rings. The van der Waals surface area contributed by atoms with Crippen molar-refractivity contribution in [3.8, 4) is 40.1 Å². The fourth-order valence-corrected chi connectivity index (χ4v) is 2.98. The van der Waals surface area contributed by atoms with E-state index < -0.39 is 0 Å². The molecule has 0 bridgehead atoms. The van der Waals surface area contributed by atoms with Crippen LogP contribution in [0.4, 0.5) is 0 Å². The molecule has 27 heavy (non-hydrogen) atoms. The highest BCUT2D eigenvalue weighted by atomic mass is 16.5. The van der Waals surface area contributed by atoms with Gasteiger partial charge in [0, 0.05) is 6.07 Å². The average Bonchev–Trinajstić information content (AvgIpc) is 2.71. The molecule has 1 aromatic heterocycles. The first-order valence-electron chi connectivity index (χ1n) is 8.08. The zero-order valence-electron chi connectivity index (χ0n) is 15.7. The minimum Gasteiger partial charge on any atom is -0.496 e. The van der Waals surface area contributed by atoms with Gasteiger partial charge in [0.05, 0.1) is 40.9 Å². The Labute approximate surface area is 156 Å². The highest BCUT2D eigenvalue weighted by molar-refractivity contribution is 5.87. The lowest BCUT2D eigenvalue weighted by Crippen LogP contribution is -2.08. The molecule has 3 rings (SSSR count). The third-order valence-electron chi connectivity index (χ3n) is 4.20. The summed E-state index contributed by atoms with van der Waals surface area (Å²) in [5.41, 5.74) is 0.503. The monoisotopic (exact) mass is 372 g/mol. The fraction of sp³-hybridized carbons (Fsp3) is 0.250. The fourth-order valence-electron chi connectivity index (χ4n) is 2.98. The number of ether oxygens (including phenoxy) is 5. The van der Waals surface area contributed by atoms with E-state index in [2.05, 4.69) is 0 Å². The van der Waals surface area contributed by atoms with Crippen LogP contribution in [0.1, 0.15) is 0 Å². The third kappa shape index (κ3) is 2.91. The summed E-state index contributed by atoms with van der Waals surface area (Å²) in [5, 5.41) is 0.413. The van der Waals surface area contributed by atoms with E-state index in [0.717, 1.165) is 0 Å². The number of hydrogen-bond donors (Lipinski definition) is 0. The highest BCUT2D eigenvalue weighted by Crippen LogP contribution is 2.51. The number of rotatable bonds is 6. The van der Waals surface area contributed by atoms with E-state index in [4.69, 9.17) is 28.1 Å². The van der Waals surface area contributed by atoms with Gasteiger partial charge >= 0.3 is 0 Å². The van der Waals surface area contributed by atoms with Gasteiger partial charge in [0.15, 0.2) is 17.3 Å². The predicted octanol–water partition coefficient (Wildman–Crippen LogP) is 3.50. The van der Waals surface area contributed by atoms with Crippen molar-refractivity contribution >= 4 is 11.0 Å². The third-order valence-corrected chi connectivity index (χ3v) is 4.20. The summed E-state index contributed by atoms with van der Waals surface area (Å²) < 4.78 is 33.3. The van der Waals surface area contributed by atoms with Crippen LogP contribution in [0.3, 0.4) is 0 Å². The molecule has 142 valence electrons. The van der Waals surface area contributed by atoms with Gasteiger partial charge in [-0.1, -0.05) is 12.1 Å². The van der Waals surface area contributed by atoms with Crippen LogP contribution in [0.2, 0.25) is 0 Å². The summed E-state index contributed by atoms with van der Waals surface area (Å²) in [4.78, 5) is 12.9. The van der Waals surface area contributed by atoms with E-state index in [0.29, 0.717) is 39.5 Å². The SMILES string of the molecule is COc1cc(OC)c(-c2oc3ccccc3c(=O)c2OC)c(OC)c1OC. The summed E-state index contributed by atoms with van der Waals surface area (Å²) in [5.74, 6) is 1.64. The van der Waals surface area contributed by atoms with E-state index in [1.54, 1.807) is 30.3 Å². The molecule has 0 atom stereocenters. The Morgan fingerprint density at radius 1 is 0.741 bits per heavy atom. The van der Waals surface area contributed by atoms with Crippen molar-refractivity contribution in [1.82, 2.24) is 0 Å². The van der Waals surface area contributed by atoms with Gasteiger partial charge in [0.1, 0.15) is 16.9 Å². The standard InChI is InChI=1S/C20H20O7/c1-22-13-10-14(23-2)17(24-3)18(25-4)15(13)19-20(26-5)16(21)11-8-6-7-9-12(11)27-19/h6-10H,1-5H3. The van der Waals surface area contributed by atoms with Gasteiger partial charge in [0.25, 0.3) is 0 Å². The maximum absolute atomic E-state index is 12.9. The number of benzene rings is 2. The number of methoxy groups -OCH3 is 5. The predicted molar refractivity (Wildman–Crippen MR) is 101 cm³/mol. The van der Waals surface area contributed by atoms with E-state index >= 15 is 0 Å². The number of fused-ring (bicyclic) bond motifs is 1. The first-order chi connectivity index (χ1) is 13.1. The van der Waals surface area contributed by atoms with Crippen LogP contribution in [0.5, 0.6) is 28.7 Å². The van der Waals surface area contributed by atoms with Crippen molar-refractivity contribution in [2.24, 2.45) is 0 Å². The molecule has 0 aliphatic carbocycles. The second kappa shape index (κ2) is 7.49. The average molecular weight is 372 g/mol. The van der Waals surface area contributed by atoms with Gasteiger partial charge in [0.2, 0.25) is 16.9 Å². The quantitative estimate of drug-likeness (QED) is 0.655. The zero-order chi connectivity index (χ0) is 19.6. The van der Waals surface area contributed by atoms with Crippen LogP contribution in [-0.4, -0.2) is 35.5 Å². The van der Waals surface area contributed by atoms with Crippen molar-refractivity contribution in [2.75, 3.05) is 35.5 Å². The minimum absolute atomic E-state index is 0.0394. The summed E-state index contributed by atoms with van der Waals surface area (Å²) in [6.45, 7) is 0. The summed E-state index contributed by atoms with van der Waals surface area (Å²) in [6.07, 6.45) is 0. The summed E-state index contributed by atoms with van der Waals surface area (Å²) >= 11 is 0. The molecule has 0 aliphatic heterocycles. The van der Waals surface area contributed by atoms with Crippen LogP contribution in [0.25, 0.3) is 22.3 Å². The van der Waals surface area contributed by atoms with Crippen molar-refractivity contribution in [1.29, 1.82) is 0 Å². The molecule has 2 aromatic carbocycles. The van der Waals surface area contributed by atoms with Gasteiger partial charge in [-0.2, -0.15) is 0 Å². The largest absolute Gasteiger partial charge is 0.496 e. The van der Waals surface area contributed by atoms with Crippen molar-refractivity contribution in [3.63, 3.8) is 0 Å². The lowest BCUT2D eigenvalue weighted by atomic mass is 10.1. The van der Waals surface area contributed by atoms with Crippen molar-refractivity contribution in [3.05, 3.63) is 40.6 Å². The first kappa shape index (κ1) is 18.4. The van der Waals surface area contributed by atoms with Crippen molar-refractivity contribution in [2.45, 2.75) is 0 Å². The lowest BCUT2D eigenvalue weighted by molar-refractivity contribution is 0.318. The Balaban J connectivity index is 2.48. The van der Waals surface area contributed by atoms with E-state index in [9.17, 15) is 4.79 Å². The van der Waals surface area contributed by atoms with Crippen LogP contribution < -0.4 is 29.1 Å². The molecule has 0 spiro atoms. The molecule has 0 radical (unpaired) electrons. The molecule has 1 heterocycles. The van der Waals surface area contributed by atoms with E-state index in [-0.39, 0.29) is 16.9 Å². The summed E-state index contributed by atoms with van der Waals surface area (Å²) in [7, 11) is 7.38. The maximum Gasteiger partial charge on any atom is 0.235 e. The van der Waals surface area contributed by atoms with Gasteiger partial charge < -0.3 is 28.1 Å². The van der Waals surface area contributed by atoms with E-state index in [1.165, 1.54) is 35.5 Å². The Morgan fingerprint density at radius 2 is 1.37 bits per heavy atom. The maximum atomic E-state index is 12.9. The Kier molecular flexibility index (Phi) is 5.12. The molecule has 0 N–H and O–H groups in total. The molecule has 0 fully saturated rings. The van der Waals surface area contributed by atoms with Gasteiger partial charge in [-0.15, -0.1) is 0 Å². The molecule has 0 amide bonds. The topological polar surface area (TPSA) is 76.4 Å². The van der Waals surface area contributed by atoms with Crippen LogP contribution in [0, 0.1) is 0 Å². The smallest absolute Gasteiger partial charge is 0.235 e. The molecule has 0 saturated heterocycles. The molecule has 3 aromatic rings. The highest BCUT2D eigenvalue weighted by Gasteiger charge is 2.28. The Morgan fingerprint density at radius 3 is 1.96 bits per heavy atom. The minimum atomic E-state index is -0.298. The Bertz CT molecular complexity index is 1040. The van der Waals surface area contributed by atoms with Crippen LogP contribution >= 0.6 is 0 Å². The zero-order valence-corrected chi connectivity index (χ0v) is 15.7. The van der Waals surface area contributed by atoms with Crippen molar-refractivity contribution < 1.29 is 28.1 Å². The molecule has 7 heteroatoms. The van der Waals surface area contributed by atoms with E-state index in [1.807, 2.05) is 0 Å². The lowest BCUT2D eigenvalue weighted by Gasteiger charge is -2.19. The Hall–Kier alpha value is -3.35. The van der Waals surface area contributed by atoms with Gasteiger partial charge in [-0.3, -0.25) is 4.79 Å².